The van der Waals surface area contributed by atoms with E-state index in [9.17, 15) is 9.59 Å². The van der Waals surface area contributed by atoms with Crippen LogP contribution >= 0.6 is 8.53 Å². The van der Waals surface area contributed by atoms with Crippen molar-refractivity contribution in [2.24, 2.45) is 0 Å². The number of hydrogen-bond acceptors (Lipinski definition) is 7. The number of ether oxygens (including phenoxy) is 2. The fraction of sp³-hybridized carbons (Fsp3) is 0.750. The molecule has 0 N–H and O–H groups in total. The van der Waals surface area contributed by atoms with E-state index in [0.29, 0.717) is 0 Å². The van der Waals surface area contributed by atoms with Crippen molar-refractivity contribution in [1.29, 1.82) is 0 Å². The molecule has 0 bridgehead atoms. The summed E-state index contributed by atoms with van der Waals surface area (Å²) in [6, 6.07) is 0.298. The molecule has 0 aromatic heterocycles. The first-order chi connectivity index (χ1) is 14.7. The quantitative estimate of drug-likeness (QED) is 0.223. The van der Waals surface area contributed by atoms with Gasteiger partial charge in [0.15, 0.2) is 12.0 Å². The van der Waals surface area contributed by atoms with Gasteiger partial charge in [0.2, 0.25) is 12.5 Å². The highest BCUT2D eigenvalue weighted by molar-refractivity contribution is 7.44. The van der Waals surface area contributed by atoms with E-state index in [1.54, 1.807) is 0 Å². The molecule has 1 amide bonds. The Hall–Kier alpha value is -1.40. The molecule has 0 aromatic carbocycles. The van der Waals surface area contributed by atoms with Gasteiger partial charge in [-0.2, -0.15) is 0 Å². The van der Waals surface area contributed by atoms with Crippen LogP contribution in [-0.4, -0.2) is 78.1 Å². The van der Waals surface area contributed by atoms with Crippen molar-refractivity contribution in [2.75, 3.05) is 33.0 Å². The van der Waals surface area contributed by atoms with Crippen LogP contribution in [0.2, 0.25) is 0 Å². The molecule has 1 saturated heterocycles. The first-order valence-electron chi connectivity index (χ1n) is 10.7. The van der Waals surface area contributed by atoms with Crippen LogP contribution in [0.5, 0.6) is 0 Å². The maximum atomic E-state index is 12.2. The molecule has 168 valence electrons. The number of carbonyl (C=O) groups excluding carboxylic acids is 2. The number of hydrogen-bond donors (Lipinski definition) is 0. The summed E-state index contributed by atoms with van der Waals surface area (Å²) < 4.78 is 34.0. The minimum atomic E-state index is -1.49. The van der Waals surface area contributed by atoms with Crippen LogP contribution in [0.1, 0.15) is 42.4 Å². The van der Waals surface area contributed by atoms with E-state index in [-0.39, 0.29) is 70.1 Å². The summed E-state index contributed by atoms with van der Waals surface area (Å²) in [5, 5.41) is 0. The number of ketones is 1. The zero-order valence-electron chi connectivity index (χ0n) is 19.1. The van der Waals surface area contributed by atoms with Crippen molar-refractivity contribution in [3.8, 4) is 0 Å². The van der Waals surface area contributed by atoms with Gasteiger partial charge in [0.05, 0.1) is 26.2 Å². The van der Waals surface area contributed by atoms with Crippen molar-refractivity contribution in [3.63, 3.8) is 0 Å². The normalized spacial score (nSPS) is 26.4. The lowest BCUT2D eigenvalue weighted by Gasteiger charge is -2.43. The van der Waals surface area contributed by atoms with Crippen molar-refractivity contribution >= 4 is 20.2 Å². The van der Waals surface area contributed by atoms with E-state index in [1.807, 2.05) is 27.7 Å². The van der Waals surface area contributed by atoms with Crippen molar-refractivity contribution < 1.29 is 29.5 Å². The molecule has 2 aliphatic rings. The maximum Gasteiger partial charge on any atom is 0.259 e. The molecule has 2 heterocycles. The second-order valence-corrected chi connectivity index (χ2v) is 9.28. The van der Waals surface area contributed by atoms with Gasteiger partial charge in [0, 0.05) is 19.7 Å². The van der Waals surface area contributed by atoms with Crippen LogP contribution in [0.25, 0.3) is 4.85 Å². The molecule has 0 radical (unpaired) electrons. The van der Waals surface area contributed by atoms with Gasteiger partial charge >= 0.3 is 0 Å². The smallest absolute Gasteiger partial charge is 0.259 e. The summed E-state index contributed by atoms with van der Waals surface area (Å²) in [5.41, 5.74) is -1.08. The highest BCUT2D eigenvalue weighted by Gasteiger charge is 2.40. The van der Waals surface area contributed by atoms with Crippen LogP contribution in [-0.2, 0) is 28.1 Å². The van der Waals surface area contributed by atoms with Crippen LogP contribution < -0.4 is 0 Å². The first kappa shape index (κ1) is 23.3. The van der Waals surface area contributed by atoms with Gasteiger partial charge in [-0.05, 0) is 40.7 Å². The van der Waals surface area contributed by atoms with Gasteiger partial charge in [-0.1, -0.05) is 0 Å². The van der Waals surface area contributed by atoms with Gasteiger partial charge in [-0.15, -0.1) is 0 Å². The van der Waals surface area contributed by atoms with Gasteiger partial charge in [-0.25, -0.2) is 11.2 Å². The molecular formula is C20H32N3O6P. The Balaban J connectivity index is 2.11. The van der Waals surface area contributed by atoms with Crippen LogP contribution in [0.3, 0.4) is 0 Å². The molecule has 9 nitrogen and oxygen atoms in total. The number of carbonyl (C=O) groups is 2. The molecular weight excluding hydrogens is 409 g/mol. The van der Waals surface area contributed by atoms with Gasteiger partial charge in [0.1, 0.15) is 12.2 Å². The molecule has 0 aliphatic carbocycles. The predicted molar refractivity (Wildman–Crippen MR) is 112 cm³/mol. The maximum absolute atomic E-state index is 12.2. The molecule has 3 atom stereocenters. The summed E-state index contributed by atoms with van der Waals surface area (Å²) in [6.45, 7) is 15.8. The van der Waals surface area contributed by atoms with Gasteiger partial charge in [-0.3, -0.25) is 14.5 Å². The Kier molecular flexibility index (Phi) is 8.75. The molecule has 0 saturated carbocycles. The first-order valence-corrected chi connectivity index (χ1v) is 11.1. The molecule has 30 heavy (non-hydrogen) atoms. The minimum absolute atomic E-state index is 0.0390. The SMILES string of the molecule is [2H]C[C@@]1(COP(OCC[N+]#[C-])N(C(C)C)C(C)C)COC[C@H](N2C=CC(=O)CC2=O)O1. The van der Waals surface area contributed by atoms with Crippen molar-refractivity contribution in [2.45, 2.75) is 64.9 Å². The number of amides is 1. The Morgan fingerprint density at radius 2 is 2.13 bits per heavy atom. The zero-order chi connectivity index (χ0) is 23.0. The molecule has 0 spiro atoms. The van der Waals surface area contributed by atoms with E-state index >= 15 is 0 Å². The number of nitrogens with zero attached hydrogens (tertiary/aromatic N) is 3. The second kappa shape index (κ2) is 11.3. The van der Waals surface area contributed by atoms with Gasteiger partial charge in [0.25, 0.3) is 8.53 Å². The van der Waals surface area contributed by atoms with E-state index < -0.39 is 20.4 Å². The third-order valence-electron chi connectivity index (χ3n) is 4.45. The fourth-order valence-corrected chi connectivity index (χ4v) is 4.88. The molecule has 2 aliphatic heterocycles. The fourth-order valence-electron chi connectivity index (χ4n) is 3.20. The van der Waals surface area contributed by atoms with Gasteiger partial charge < -0.3 is 23.4 Å². The monoisotopic (exact) mass is 442 g/mol. The summed E-state index contributed by atoms with van der Waals surface area (Å²) in [7, 11) is -1.49. The summed E-state index contributed by atoms with van der Waals surface area (Å²) in [5.74, 6) is -0.615. The van der Waals surface area contributed by atoms with Crippen LogP contribution in [0.15, 0.2) is 12.3 Å². The molecule has 2 rings (SSSR count). The van der Waals surface area contributed by atoms with Crippen LogP contribution in [0, 0.1) is 6.57 Å². The number of rotatable bonds is 10. The Morgan fingerprint density at radius 1 is 1.40 bits per heavy atom. The highest BCUT2D eigenvalue weighted by Crippen LogP contribution is 2.46. The van der Waals surface area contributed by atoms with Crippen molar-refractivity contribution in [3.05, 3.63) is 23.7 Å². The summed E-state index contributed by atoms with van der Waals surface area (Å²) in [6.07, 6.45) is 1.80. The Labute approximate surface area is 181 Å². The lowest BCUT2D eigenvalue weighted by molar-refractivity contribution is -0.235. The van der Waals surface area contributed by atoms with E-state index in [2.05, 4.69) is 9.52 Å². The predicted octanol–water partition coefficient (Wildman–Crippen LogP) is 2.73. The second-order valence-electron chi connectivity index (χ2n) is 7.82. The highest BCUT2D eigenvalue weighted by atomic mass is 31.2. The van der Waals surface area contributed by atoms with Crippen molar-refractivity contribution in [1.82, 2.24) is 9.57 Å². The topological polar surface area (TPSA) is 81.9 Å². The summed E-state index contributed by atoms with van der Waals surface area (Å²) in [4.78, 5) is 28.4. The third-order valence-corrected chi connectivity index (χ3v) is 6.50. The Bertz CT molecular complexity index is 693. The van der Waals surface area contributed by atoms with E-state index in [0.717, 1.165) is 0 Å². The lowest BCUT2D eigenvalue weighted by atomic mass is 10.1. The van der Waals surface area contributed by atoms with Crippen LogP contribution in [0.4, 0.5) is 0 Å². The number of allylic oxidation sites excluding steroid dienone is 1. The van der Waals surface area contributed by atoms with E-state index in [1.165, 1.54) is 17.2 Å². The average molecular weight is 442 g/mol. The molecule has 0 aromatic rings. The minimum Gasteiger partial charge on any atom is -0.374 e. The zero-order valence-corrected chi connectivity index (χ0v) is 19.0. The molecule has 1 unspecified atom stereocenters. The third kappa shape index (κ3) is 6.81. The molecule has 1 fully saturated rings. The van der Waals surface area contributed by atoms with E-state index in [4.69, 9.17) is 26.5 Å². The largest absolute Gasteiger partial charge is 0.374 e. The average Bonchev–Trinajstić information content (AvgIpc) is 2.71. The lowest BCUT2D eigenvalue weighted by Crippen LogP contribution is -2.55. The summed E-state index contributed by atoms with van der Waals surface area (Å²) >= 11 is 0. The molecule has 10 heteroatoms. The standard InChI is InChI=1S/C20H32N3O6P/c1-15(2)23(16(3)4)30(27-10-8-21-6)28-14-20(5)13-26-12-19(29-20)22-9-7-17(24)11-18(22)25/h7,9,15-16,19H,8,10-14H2,1-5H3/t19-,20+,30?/m1/s1/i5D. The Morgan fingerprint density at radius 3 is 2.73 bits per heavy atom.